The average Bonchev–Trinajstić information content (AvgIpc) is 2.25. The lowest BCUT2D eigenvalue weighted by atomic mass is 10.1. The van der Waals surface area contributed by atoms with Crippen LogP contribution in [0.15, 0.2) is 16.6 Å². The molecule has 0 heterocycles. The molecule has 0 aliphatic carbocycles. The van der Waals surface area contributed by atoms with Crippen LogP contribution < -0.4 is 9.47 Å². The van der Waals surface area contributed by atoms with Gasteiger partial charge >= 0.3 is 0 Å². The van der Waals surface area contributed by atoms with Gasteiger partial charge in [-0.2, -0.15) is 0 Å². The monoisotopic (exact) mass is 272 g/mol. The zero-order valence-corrected chi connectivity index (χ0v) is 11.1. The summed E-state index contributed by atoms with van der Waals surface area (Å²) in [6.07, 6.45) is 3.36. The molecule has 1 aromatic rings. The molecule has 0 radical (unpaired) electrons. The smallest absolute Gasteiger partial charge is 0.163 e. The van der Waals surface area contributed by atoms with Gasteiger partial charge in [0, 0.05) is 4.47 Å². The van der Waals surface area contributed by atoms with E-state index in [1.165, 1.54) is 12.0 Å². The van der Waals surface area contributed by atoms with E-state index in [1.807, 2.05) is 6.07 Å². The van der Waals surface area contributed by atoms with Crippen molar-refractivity contribution in [1.29, 1.82) is 0 Å². The van der Waals surface area contributed by atoms with Crippen LogP contribution in [-0.4, -0.2) is 14.2 Å². The summed E-state index contributed by atoms with van der Waals surface area (Å²) in [7, 11) is 3.34. The van der Waals surface area contributed by atoms with E-state index in [0.29, 0.717) is 0 Å². The first-order chi connectivity index (χ1) is 7.22. The SMILES string of the molecule is CCCCc1cc(Br)cc(OC)c1OC. The van der Waals surface area contributed by atoms with Crippen LogP contribution in [0.1, 0.15) is 25.3 Å². The highest BCUT2D eigenvalue weighted by Crippen LogP contribution is 2.35. The third kappa shape index (κ3) is 3.13. The molecule has 0 amide bonds. The van der Waals surface area contributed by atoms with E-state index >= 15 is 0 Å². The molecule has 0 bridgehead atoms. The fourth-order valence-corrected chi connectivity index (χ4v) is 2.04. The van der Waals surface area contributed by atoms with Gasteiger partial charge in [-0.1, -0.05) is 29.3 Å². The van der Waals surface area contributed by atoms with Crippen LogP contribution in [0.5, 0.6) is 11.5 Å². The van der Waals surface area contributed by atoms with E-state index in [9.17, 15) is 0 Å². The molecule has 1 rings (SSSR count). The molecular weight excluding hydrogens is 256 g/mol. The number of aryl methyl sites for hydroxylation is 1. The van der Waals surface area contributed by atoms with Crippen LogP contribution in [-0.2, 0) is 6.42 Å². The van der Waals surface area contributed by atoms with Gasteiger partial charge < -0.3 is 9.47 Å². The molecule has 0 fully saturated rings. The van der Waals surface area contributed by atoms with E-state index in [1.54, 1.807) is 14.2 Å². The van der Waals surface area contributed by atoms with Crippen LogP contribution >= 0.6 is 15.9 Å². The Kier molecular flexibility index (Phi) is 4.95. The minimum absolute atomic E-state index is 0.790. The van der Waals surface area contributed by atoms with Gasteiger partial charge in [-0.05, 0) is 30.5 Å². The maximum absolute atomic E-state index is 5.37. The van der Waals surface area contributed by atoms with Gasteiger partial charge in [0.25, 0.3) is 0 Å². The molecule has 15 heavy (non-hydrogen) atoms. The molecule has 0 aliphatic rings. The van der Waals surface area contributed by atoms with Crippen molar-refractivity contribution < 1.29 is 9.47 Å². The van der Waals surface area contributed by atoms with Crippen molar-refractivity contribution in [3.05, 3.63) is 22.2 Å². The van der Waals surface area contributed by atoms with E-state index in [4.69, 9.17) is 9.47 Å². The fraction of sp³-hybridized carbons (Fsp3) is 0.500. The summed E-state index contributed by atoms with van der Waals surface area (Å²) in [5.74, 6) is 1.65. The lowest BCUT2D eigenvalue weighted by Crippen LogP contribution is -1.96. The highest BCUT2D eigenvalue weighted by atomic mass is 79.9. The van der Waals surface area contributed by atoms with Gasteiger partial charge in [-0.25, -0.2) is 0 Å². The quantitative estimate of drug-likeness (QED) is 0.812. The van der Waals surface area contributed by atoms with Crippen molar-refractivity contribution in [2.24, 2.45) is 0 Å². The maximum atomic E-state index is 5.37. The molecular formula is C12H17BrO2. The summed E-state index contributed by atoms with van der Waals surface area (Å²) in [6.45, 7) is 2.18. The molecule has 3 heteroatoms. The summed E-state index contributed by atoms with van der Waals surface area (Å²) in [5.41, 5.74) is 1.20. The second-order valence-electron chi connectivity index (χ2n) is 3.40. The predicted molar refractivity (Wildman–Crippen MR) is 65.9 cm³/mol. The van der Waals surface area contributed by atoms with E-state index in [-0.39, 0.29) is 0 Å². The van der Waals surface area contributed by atoms with Gasteiger partial charge in [-0.15, -0.1) is 0 Å². The van der Waals surface area contributed by atoms with Gasteiger partial charge in [0.2, 0.25) is 0 Å². The molecule has 0 atom stereocenters. The van der Waals surface area contributed by atoms with Gasteiger partial charge in [0.15, 0.2) is 11.5 Å². The summed E-state index contributed by atoms with van der Waals surface area (Å²) < 4.78 is 11.7. The van der Waals surface area contributed by atoms with Crippen LogP contribution in [0.4, 0.5) is 0 Å². The Hall–Kier alpha value is -0.700. The summed E-state index contributed by atoms with van der Waals surface area (Å²) in [6, 6.07) is 4.02. The van der Waals surface area contributed by atoms with Crippen molar-refractivity contribution in [3.63, 3.8) is 0 Å². The molecule has 84 valence electrons. The zero-order chi connectivity index (χ0) is 11.3. The number of ether oxygens (including phenoxy) is 2. The Bertz CT molecular complexity index is 324. The van der Waals surface area contributed by atoms with Crippen molar-refractivity contribution in [3.8, 4) is 11.5 Å². The summed E-state index contributed by atoms with van der Waals surface area (Å²) in [4.78, 5) is 0. The predicted octanol–water partition coefficient (Wildman–Crippen LogP) is 3.81. The number of hydrogen-bond acceptors (Lipinski definition) is 2. The first kappa shape index (κ1) is 12.4. The largest absolute Gasteiger partial charge is 0.493 e. The van der Waals surface area contributed by atoms with Crippen LogP contribution in [0.3, 0.4) is 0 Å². The topological polar surface area (TPSA) is 18.5 Å². The molecule has 2 nitrogen and oxygen atoms in total. The number of rotatable bonds is 5. The van der Waals surface area contributed by atoms with Crippen molar-refractivity contribution >= 4 is 15.9 Å². The van der Waals surface area contributed by atoms with Crippen molar-refractivity contribution in [1.82, 2.24) is 0 Å². The molecule has 0 spiro atoms. The molecule has 0 aromatic heterocycles. The Labute approximate surface area is 99.7 Å². The number of unbranched alkanes of at least 4 members (excludes halogenated alkanes) is 1. The number of benzene rings is 1. The minimum Gasteiger partial charge on any atom is -0.493 e. The van der Waals surface area contributed by atoms with E-state index in [2.05, 4.69) is 28.9 Å². The Balaban J connectivity index is 3.05. The fourth-order valence-electron chi connectivity index (χ4n) is 1.56. The summed E-state index contributed by atoms with van der Waals surface area (Å²) >= 11 is 3.47. The Morgan fingerprint density at radius 2 is 1.93 bits per heavy atom. The van der Waals surface area contributed by atoms with Crippen LogP contribution in [0, 0.1) is 0 Å². The molecule has 0 unspecified atom stereocenters. The average molecular weight is 273 g/mol. The van der Waals surface area contributed by atoms with E-state index < -0.39 is 0 Å². The number of halogens is 1. The lowest BCUT2D eigenvalue weighted by molar-refractivity contribution is 0.351. The standard InChI is InChI=1S/C12H17BrO2/c1-4-5-6-9-7-10(13)8-11(14-2)12(9)15-3/h7-8H,4-6H2,1-3H3. The third-order valence-electron chi connectivity index (χ3n) is 2.32. The maximum Gasteiger partial charge on any atom is 0.163 e. The van der Waals surface area contributed by atoms with Gasteiger partial charge in [-0.3, -0.25) is 0 Å². The minimum atomic E-state index is 0.790. The zero-order valence-electron chi connectivity index (χ0n) is 9.47. The highest BCUT2D eigenvalue weighted by Gasteiger charge is 2.10. The Morgan fingerprint density at radius 3 is 2.47 bits per heavy atom. The van der Waals surface area contributed by atoms with E-state index in [0.717, 1.165) is 28.8 Å². The number of hydrogen-bond donors (Lipinski definition) is 0. The van der Waals surface area contributed by atoms with Gasteiger partial charge in [0.05, 0.1) is 14.2 Å². The lowest BCUT2D eigenvalue weighted by Gasteiger charge is -2.13. The second kappa shape index (κ2) is 6.01. The van der Waals surface area contributed by atoms with Crippen LogP contribution in [0.25, 0.3) is 0 Å². The first-order valence-electron chi connectivity index (χ1n) is 5.13. The first-order valence-corrected chi connectivity index (χ1v) is 5.92. The van der Waals surface area contributed by atoms with Crippen LogP contribution in [0.2, 0.25) is 0 Å². The molecule has 0 aliphatic heterocycles. The normalized spacial score (nSPS) is 10.1. The molecule has 0 N–H and O–H groups in total. The summed E-state index contributed by atoms with van der Waals surface area (Å²) in [5, 5.41) is 0. The molecule has 1 aromatic carbocycles. The third-order valence-corrected chi connectivity index (χ3v) is 2.78. The molecule has 0 saturated heterocycles. The number of methoxy groups -OCH3 is 2. The van der Waals surface area contributed by atoms with Crippen molar-refractivity contribution in [2.45, 2.75) is 26.2 Å². The van der Waals surface area contributed by atoms with Crippen molar-refractivity contribution in [2.75, 3.05) is 14.2 Å². The van der Waals surface area contributed by atoms with Gasteiger partial charge in [0.1, 0.15) is 0 Å². The highest BCUT2D eigenvalue weighted by molar-refractivity contribution is 9.10. The second-order valence-corrected chi connectivity index (χ2v) is 4.32. The molecule has 0 saturated carbocycles. The Morgan fingerprint density at radius 1 is 1.20 bits per heavy atom.